The lowest BCUT2D eigenvalue weighted by Crippen LogP contribution is -2.45. The van der Waals surface area contributed by atoms with E-state index in [0.29, 0.717) is 0 Å². The summed E-state index contributed by atoms with van der Waals surface area (Å²) < 4.78 is 1.30. The zero-order chi connectivity index (χ0) is 13.2. The van der Waals surface area contributed by atoms with Crippen LogP contribution in [0.2, 0.25) is 0 Å². The van der Waals surface area contributed by atoms with Crippen molar-refractivity contribution in [2.45, 2.75) is 20.4 Å². The van der Waals surface area contributed by atoms with Crippen LogP contribution in [0.25, 0.3) is 10.2 Å². The van der Waals surface area contributed by atoms with Crippen molar-refractivity contribution in [2.75, 3.05) is 32.7 Å². The van der Waals surface area contributed by atoms with Crippen molar-refractivity contribution in [3.05, 3.63) is 28.8 Å². The molecule has 102 valence electrons. The lowest BCUT2D eigenvalue weighted by Gasteiger charge is -2.34. The van der Waals surface area contributed by atoms with Gasteiger partial charge in [-0.2, -0.15) is 0 Å². The molecule has 1 aliphatic rings. The molecular formula is C15H21N3S. The molecule has 1 aliphatic heterocycles. The zero-order valence-electron chi connectivity index (χ0n) is 11.7. The van der Waals surface area contributed by atoms with E-state index in [4.69, 9.17) is 0 Å². The maximum absolute atomic E-state index is 4.58. The van der Waals surface area contributed by atoms with E-state index in [0.717, 1.165) is 17.1 Å². The first-order valence-corrected chi connectivity index (χ1v) is 7.87. The molecular weight excluding hydrogens is 254 g/mol. The monoisotopic (exact) mass is 275 g/mol. The molecule has 0 aliphatic carbocycles. The molecule has 19 heavy (non-hydrogen) atoms. The van der Waals surface area contributed by atoms with Crippen molar-refractivity contribution in [3.63, 3.8) is 0 Å². The van der Waals surface area contributed by atoms with Crippen molar-refractivity contribution >= 4 is 21.6 Å². The summed E-state index contributed by atoms with van der Waals surface area (Å²) in [6.45, 7) is 11.3. The van der Waals surface area contributed by atoms with E-state index in [-0.39, 0.29) is 0 Å². The molecule has 0 spiro atoms. The predicted molar refractivity (Wildman–Crippen MR) is 81.7 cm³/mol. The molecule has 1 aromatic carbocycles. The summed E-state index contributed by atoms with van der Waals surface area (Å²) in [6.07, 6.45) is 0. The molecule has 3 nitrogen and oxygen atoms in total. The summed E-state index contributed by atoms with van der Waals surface area (Å²) in [5, 5.41) is 1.16. The minimum atomic E-state index is 1.06. The number of piperazine rings is 1. The molecule has 1 saturated heterocycles. The standard InChI is InChI=1S/C15H21N3S/c1-3-17-6-8-18(9-7-17)11-13-4-5-15-14(10-13)16-12(2)19-15/h4-5,10H,3,6-9,11H2,1-2H3. The second-order valence-corrected chi connectivity index (χ2v) is 6.48. The van der Waals surface area contributed by atoms with E-state index in [1.54, 1.807) is 11.3 Å². The molecule has 0 atom stereocenters. The van der Waals surface area contributed by atoms with Gasteiger partial charge in [-0.1, -0.05) is 13.0 Å². The normalized spacial score (nSPS) is 18.2. The van der Waals surface area contributed by atoms with Gasteiger partial charge in [-0.05, 0) is 31.2 Å². The Labute approximate surface area is 118 Å². The van der Waals surface area contributed by atoms with Gasteiger partial charge < -0.3 is 4.90 Å². The largest absolute Gasteiger partial charge is 0.301 e. The number of likely N-dealkylation sites (N-methyl/N-ethyl adjacent to an activating group) is 1. The maximum atomic E-state index is 4.58. The smallest absolute Gasteiger partial charge is 0.0907 e. The number of hydrogen-bond acceptors (Lipinski definition) is 4. The van der Waals surface area contributed by atoms with Crippen molar-refractivity contribution in [1.82, 2.24) is 14.8 Å². The SMILES string of the molecule is CCN1CCN(Cc2ccc3sc(C)nc3c2)CC1. The molecule has 0 N–H and O–H groups in total. The van der Waals surface area contributed by atoms with E-state index >= 15 is 0 Å². The van der Waals surface area contributed by atoms with E-state index in [1.165, 1.54) is 43.0 Å². The Morgan fingerprint density at radius 2 is 1.89 bits per heavy atom. The van der Waals surface area contributed by atoms with Crippen LogP contribution >= 0.6 is 11.3 Å². The summed E-state index contributed by atoms with van der Waals surface area (Å²) in [5.74, 6) is 0. The fourth-order valence-electron chi connectivity index (χ4n) is 2.71. The van der Waals surface area contributed by atoms with Crippen LogP contribution in [0.5, 0.6) is 0 Å². The van der Waals surface area contributed by atoms with Gasteiger partial charge in [0.2, 0.25) is 0 Å². The number of benzene rings is 1. The summed E-state index contributed by atoms with van der Waals surface area (Å²) in [6, 6.07) is 6.73. The lowest BCUT2D eigenvalue weighted by molar-refractivity contribution is 0.132. The highest BCUT2D eigenvalue weighted by Crippen LogP contribution is 2.23. The molecule has 2 aromatic rings. The molecule has 0 bridgehead atoms. The average molecular weight is 275 g/mol. The van der Waals surface area contributed by atoms with Crippen molar-refractivity contribution in [2.24, 2.45) is 0 Å². The molecule has 0 amide bonds. The number of hydrogen-bond donors (Lipinski definition) is 0. The highest BCUT2D eigenvalue weighted by Gasteiger charge is 2.15. The summed E-state index contributed by atoms with van der Waals surface area (Å²) in [7, 11) is 0. The van der Waals surface area contributed by atoms with Crippen LogP contribution in [-0.4, -0.2) is 47.5 Å². The fraction of sp³-hybridized carbons (Fsp3) is 0.533. The van der Waals surface area contributed by atoms with Crippen LogP contribution < -0.4 is 0 Å². The Morgan fingerprint density at radius 1 is 1.16 bits per heavy atom. The first-order chi connectivity index (χ1) is 9.24. The average Bonchev–Trinajstić information content (AvgIpc) is 2.79. The number of nitrogens with zero attached hydrogens (tertiary/aromatic N) is 3. The second kappa shape index (κ2) is 5.57. The third kappa shape index (κ3) is 2.96. The van der Waals surface area contributed by atoms with Gasteiger partial charge in [-0.3, -0.25) is 4.90 Å². The number of aromatic nitrogens is 1. The van der Waals surface area contributed by atoms with Gasteiger partial charge in [0, 0.05) is 32.7 Å². The predicted octanol–water partition coefficient (Wildman–Crippen LogP) is 2.74. The number of fused-ring (bicyclic) bond motifs is 1. The minimum absolute atomic E-state index is 1.06. The topological polar surface area (TPSA) is 19.4 Å². The molecule has 1 fully saturated rings. The summed E-state index contributed by atoms with van der Waals surface area (Å²) in [5.41, 5.74) is 2.55. The van der Waals surface area contributed by atoms with Gasteiger partial charge in [-0.15, -0.1) is 11.3 Å². The van der Waals surface area contributed by atoms with Gasteiger partial charge in [-0.25, -0.2) is 4.98 Å². The van der Waals surface area contributed by atoms with E-state index < -0.39 is 0 Å². The van der Waals surface area contributed by atoms with Crippen molar-refractivity contribution < 1.29 is 0 Å². The third-order valence-corrected chi connectivity index (χ3v) is 4.83. The van der Waals surface area contributed by atoms with E-state index in [1.807, 2.05) is 0 Å². The Morgan fingerprint density at radius 3 is 2.63 bits per heavy atom. The molecule has 4 heteroatoms. The van der Waals surface area contributed by atoms with Crippen LogP contribution in [0.3, 0.4) is 0 Å². The lowest BCUT2D eigenvalue weighted by atomic mass is 10.2. The first-order valence-electron chi connectivity index (χ1n) is 7.05. The highest BCUT2D eigenvalue weighted by atomic mass is 32.1. The fourth-order valence-corrected chi connectivity index (χ4v) is 3.52. The van der Waals surface area contributed by atoms with Crippen LogP contribution in [0.1, 0.15) is 17.5 Å². The number of thiazole rings is 1. The number of aryl methyl sites for hydroxylation is 1. The van der Waals surface area contributed by atoms with Gasteiger partial charge in [0.15, 0.2) is 0 Å². The molecule has 0 unspecified atom stereocenters. The minimum Gasteiger partial charge on any atom is -0.301 e. The maximum Gasteiger partial charge on any atom is 0.0907 e. The van der Waals surface area contributed by atoms with Crippen LogP contribution in [0.15, 0.2) is 18.2 Å². The molecule has 1 aromatic heterocycles. The Hall–Kier alpha value is -0.970. The molecule has 0 radical (unpaired) electrons. The number of rotatable bonds is 3. The molecule has 3 rings (SSSR count). The van der Waals surface area contributed by atoms with Gasteiger partial charge in [0.05, 0.1) is 15.2 Å². The highest BCUT2D eigenvalue weighted by molar-refractivity contribution is 7.18. The van der Waals surface area contributed by atoms with Gasteiger partial charge >= 0.3 is 0 Å². The second-order valence-electron chi connectivity index (χ2n) is 5.25. The summed E-state index contributed by atoms with van der Waals surface area (Å²) >= 11 is 1.78. The van der Waals surface area contributed by atoms with Crippen LogP contribution in [0.4, 0.5) is 0 Å². The van der Waals surface area contributed by atoms with E-state index in [9.17, 15) is 0 Å². The Bertz CT molecular complexity index is 556. The first kappa shape index (κ1) is 13.0. The Kier molecular flexibility index (Phi) is 3.82. The van der Waals surface area contributed by atoms with Gasteiger partial charge in [0.1, 0.15) is 0 Å². The van der Waals surface area contributed by atoms with Gasteiger partial charge in [0.25, 0.3) is 0 Å². The Balaban J connectivity index is 1.68. The quantitative estimate of drug-likeness (QED) is 0.858. The van der Waals surface area contributed by atoms with Crippen molar-refractivity contribution in [1.29, 1.82) is 0 Å². The zero-order valence-corrected chi connectivity index (χ0v) is 12.5. The van der Waals surface area contributed by atoms with Crippen molar-refractivity contribution in [3.8, 4) is 0 Å². The third-order valence-electron chi connectivity index (χ3n) is 3.88. The van der Waals surface area contributed by atoms with E-state index in [2.05, 4.69) is 46.8 Å². The molecule has 2 heterocycles. The molecule has 0 saturated carbocycles. The summed E-state index contributed by atoms with van der Waals surface area (Å²) in [4.78, 5) is 9.65. The van der Waals surface area contributed by atoms with Crippen LogP contribution in [0, 0.1) is 6.92 Å². The van der Waals surface area contributed by atoms with Crippen LogP contribution in [-0.2, 0) is 6.54 Å².